The molecule has 1 aromatic heterocycles. The summed E-state index contributed by atoms with van der Waals surface area (Å²) in [5, 5.41) is 0. The number of nitrogens with one attached hydrogen (secondary N) is 2. The van der Waals surface area contributed by atoms with Crippen molar-refractivity contribution in [2.75, 3.05) is 0 Å². The lowest BCUT2D eigenvalue weighted by Crippen LogP contribution is -2.47. The Hall–Kier alpha value is -2.83. The number of carbonyl (C=O) groups is 2. The fraction of sp³-hybridized carbons (Fsp3) is 0.143. The molecule has 110 valence electrons. The van der Waals surface area contributed by atoms with Crippen molar-refractivity contribution in [3.63, 3.8) is 0 Å². The molecule has 0 bridgehead atoms. The first kappa shape index (κ1) is 14.6. The summed E-state index contributed by atoms with van der Waals surface area (Å²) in [6, 6.07) is 7.17. The van der Waals surface area contributed by atoms with Crippen molar-refractivity contribution in [1.82, 2.24) is 10.9 Å². The van der Waals surface area contributed by atoms with Gasteiger partial charge in [-0.05, 0) is 25.1 Å². The predicted octanol–water partition coefficient (Wildman–Crippen LogP) is 1.65. The Morgan fingerprint density at radius 2 is 2.00 bits per heavy atom. The lowest BCUT2D eigenvalue weighted by Gasteiger charge is -2.15. The van der Waals surface area contributed by atoms with Gasteiger partial charge in [0.2, 0.25) is 0 Å². The summed E-state index contributed by atoms with van der Waals surface area (Å²) >= 11 is 0. The molecule has 7 heteroatoms. The number of carbonyl (C=O) groups excluding carboxylic acids is 2. The number of furan rings is 1. The Bertz CT molecular complexity index is 628. The van der Waals surface area contributed by atoms with Gasteiger partial charge in [-0.15, -0.1) is 0 Å². The standard InChI is InChI=1S/C14H13FN2O4/c1-9(21-12-5-3-2-4-11(12)15)13(18)16-17-14(19)10-6-7-20-8-10/h2-9H,1H3,(H,16,18)(H,17,19)/t9-/m0/s1. The second-order valence-electron chi connectivity index (χ2n) is 4.15. The second-order valence-corrected chi connectivity index (χ2v) is 4.15. The number of hydrazine groups is 1. The van der Waals surface area contributed by atoms with E-state index in [1.807, 2.05) is 0 Å². The van der Waals surface area contributed by atoms with E-state index in [1.165, 1.54) is 43.7 Å². The Morgan fingerprint density at radius 1 is 1.24 bits per heavy atom. The van der Waals surface area contributed by atoms with E-state index in [4.69, 9.17) is 9.15 Å². The smallest absolute Gasteiger partial charge is 0.279 e. The third-order valence-electron chi connectivity index (χ3n) is 2.59. The van der Waals surface area contributed by atoms with E-state index < -0.39 is 23.7 Å². The highest BCUT2D eigenvalue weighted by Gasteiger charge is 2.17. The summed E-state index contributed by atoms with van der Waals surface area (Å²) in [5.74, 6) is -1.76. The Balaban J connectivity index is 1.86. The molecule has 2 rings (SSSR count). The summed E-state index contributed by atoms with van der Waals surface area (Å²) in [6.07, 6.45) is 1.59. The van der Waals surface area contributed by atoms with Gasteiger partial charge in [-0.2, -0.15) is 0 Å². The quantitative estimate of drug-likeness (QED) is 0.840. The minimum Gasteiger partial charge on any atom is -0.478 e. The minimum atomic E-state index is -0.980. The molecule has 0 saturated heterocycles. The van der Waals surface area contributed by atoms with Crippen molar-refractivity contribution >= 4 is 11.8 Å². The highest BCUT2D eigenvalue weighted by Crippen LogP contribution is 2.16. The highest BCUT2D eigenvalue weighted by molar-refractivity contribution is 5.95. The molecule has 0 saturated carbocycles. The minimum absolute atomic E-state index is 0.0405. The maximum Gasteiger partial charge on any atom is 0.279 e. The van der Waals surface area contributed by atoms with Gasteiger partial charge in [-0.3, -0.25) is 20.4 Å². The summed E-state index contributed by atoms with van der Waals surface area (Å²) in [6.45, 7) is 1.44. The number of para-hydroxylation sites is 1. The summed E-state index contributed by atoms with van der Waals surface area (Å²) in [5.41, 5.74) is 4.64. The van der Waals surface area contributed by atoms with E-state index in [9.17, 15) is 14.0 Å². The topological polar surface area (TPSA) is 80.6 Å². The number of rotatable bonds is 4. The van der Waals surface area contributed by atoms with Gasteiger partial charge < -0.3 is 9.15 Å². The maximum atomic E-state index is 13.4. The molecule has 1 aromatic carbocycles. The van der Waals surface area contributed by atoms with Crippen molar-refractivity contribution in [3.8, 4) is 5.75 Å². The average molecular weight is 292 g/mol. The van der Waals surface area contributed by atoms with E-state index in [1.54, 1.807) is 6.07 Å². The molecule has 0 fully saturated rings. The molecule has 0 aliphatic carbocycles. The third-order valence-corrected chi connectivity index (χ3v) is 2.59. The van der Waals surface area contributed by atoms with Crippen LogP contribution in [-0.4, -0.2) is 17.9 Å². The maximum absolute atomic E-state index is 13.4. The van der Waals surface area contributed by atoms with Crippen LogP contribution in [0.3, 0.4) is 0 Å². The predicted molar refractivity (Wildman–Crippen MR) is 70.8 cm³/mol. The lowest BCUT2D eigenvalue weighted by molar-refractivity contribution is -0.128. The Kier molecular flexibility index (Phi) is 4.55. The number of amides is 2. The van der Waals surface area contributed by atoms with Crippen LogP contribution in [0.5, 0.6) is 5.75 Å². The number of ether oxygens (including phenoxy) is 1. The molecule has 2 aromatic rings. The van der Waals surface area contributed by atoms with Crippen LogP contribution in [0.4, 0.5) is 4.39 Å². The molecule has 0 aliphatic rings. The molecular weight excluding hydrogens is 279 g/mol. The molecule has 1 heterocycles. The largest absolute Gasteiger partial charge is 0.478 e. The first-order valence-electron chi connectivity index (χ1n) is 6.11. The van der Waals surface area contributed by atoms with Crippen LogP contribution < -0.4 is 15.6 Å². The van der Waals surface area contributed by atoms with Gasteiger partial charge in [-0.1, -0.05) is 12.1 Å². The first-order chi connectivity index (χ1) is 10.1. The van der Waals surface area contributed by atoms with Gasteiger partial charge in [0.15, 0.2) is 17.7 Å². The third kappa shape index (κ3) is 3.82. The van der Waals surface area contributed by atoms with Crippen molar-refractivity contribution in [2.24, 2.45) is 0 Å². The van der Waals surface area contributed by atoms with Crippen molar-refractivity contribution in [3.05, 3.63) is 54.2 Å². The van der Waals surface area contributed by atoms with Crippen molar-refractivity contribution in [1.29, 1.82) is 0 Å². The monoisotopic (exact) mass is 292 g/mol. The summed E-state index contributed by atoms with van der Waals surface area (Å²) in [7, 11) is 0. The summed E-state index contributed by atoms with van der Waals surface area (Å²) in [4.78, 5) is 23.3. The SMILES string of the molecule is C[C@H](Oc1ccccc1F)C(=O)NNC(=O)c1ccoc1. The molecule has 6 nitrogen and oxygen atoms in total. The fourth-order valence-corrected chi connectivity index (χ4v) is 1.47. The zero-order chi connectivity index (χ0) is 15.2. The lowest BCUT2D eigenvalue weighted by atomic mass is 10.3. The number of hydrogen-bond donors (Lipinski definition) is 2. The Labute approximate surface area is 119 Å². The molecule has 0 aliphatic heterocycles. The zero-order valence-electron chi connectivity index (χ0n) is 11.1. The van der Waals surface area contributed by atoms with E-state index in [2.05, 4.69) is 10.9 Å². The number of halogens is 1. The van der Waals surface area contributed by atoms with E-state index >= 15 is 0 Å². The van der Waals surface area contributed by atoms with Gasteiger partial charge in [0.1, 0.15) is 6.26 Å². The number of hydrogen-bond acceptors (Lipinski definition) is 4. The molecule has 21 heavy (non-hydrogen) atoms. The molecular formula is C14H13FN2O4. The molecule has 2 N–H and O–H groups in total. The number of benzene rings is 1. The molecule has 2 amide bonds. The van der Waals surface area contributed by atoms with Gasteiger partial charge in [0.25, 0.3) is 11.8 Å². The van der Waals surface area contributed by atoms with E-state index in [-0.39, 0.29) is 11.3 Å². The highest BCUT2D eigenvalue weighted by atomic mass is 19.1. The zero-order valence-corrected chi connectivity index (χ0v) is 11.1. The second kappa shape index (κ2) is 6.56. The van der Waals surface area contributed by atoms with Gasteiger partial charge >= 0.3 is 0 Å². The van der Waals surface area contributed by atoms with Crippen molar-refractivity contribution < 1.29 is 23.1 Å². The molecule has 1 atom stereocenters. The van der Waals surface area contributed by atoms with Crippen LogP contribution in [0.2, 0.25) is 0 Å². The van der Waals surface area contributed by atoms with Crippen LogP contribution in [-0.2, 0) is 4.79 Å². The molecule has 0 radical (unpaired) electrons. The van der Waals surface area contributed by atoms with Gasteiger partial charge in [0, 0.05) is 0 Å². The summed E-state index contributed by atoms with van der Waals surface area (Å²) < 4.78 is 23.3. The average Bonchev–Trinajstić information content (AvgIpc) is 3.01. The van der Waals surface area contributed by atoms with Crippen LogP contribution in [0.1, 0.15) is 17.3 Å². The first-order valence-corrected chi connectivity index (χ1v) is 6.11. The van der Waals surface area contributed by atoms with Crippen LogP contribution in [0.15, 0.2) is 47.3 Å². The van der Waals surface area contributed by atoms with E-state index in [0.29, 0.717) is 0 Å². The molecule has 0 unspecified atom stereocenters. The van der Waals surface area contributed by atoms with Gasteiger partial charge in [-0.25, -0.2) is 4.39 Å². The Morgan fingerprint density at radius 3 is 2.67 bits per heavy atom. The van der Waals surface area contributed by atoms with Gasteiger partial charge in [0.05, 0.1) is 11.8 Å². The molecule has 0 spiro atoms. The van der Waals surface area contributed by atoms with Crippen molar-refractivity contribution in [2.45, 2.75) is 13.0 Å². The van der Waals surface area contributed by atoms with E-state index in [0.717, 1.165) is 0 Å². The normalized spacial score (nSPS) is 11.5. The van der Waals surface area contributed by atoms with Crippen LogP contribution in [0.25, 0.3) is 0 Å². The fourth-order valence-electron chi connectivity index (χ4n) is 1.47. The van der Waals surface area contributed by atoms with Crippen LogP contribution >= 0.6 is 0 Å². The van der Waals surface area contributed by atoms with Crippen LogP contribution in [0, 0.1) is 5.82 Å².